The molecule has 0 aromatic carbocycles. The molecular weight excluding hydrogens is 322 g/mol. The van der Waals surface area contributed by atoms with Gasteiger partial charge in [-0.1, -0.05) is 0 Å². The molecule has 0 heterocycles. The maximum absolute atomic E-state index is 12.3. The van der Waals surface area contributed by atoms with E-state index in [4.69, 9.17) is 14.6 Å². The van der Waals surface area contributed by atoms with Gasteiger partial charge in [-0.15, -0.1) is 0 Å². The zero-order valence-corrected chi connectivity index (χ0v) is 14.8. The molecule has 0 radical (unpaired) electrons. The van der Waals surface area contributed by atoms with Crippen LogP contribution in [0.1, 0.15) is 54.4 Å². The highest BCUT2D eigenvalue weighted by Crippen LogP contribution is 2.19. The van der Waals surface area contributed by atoms with Crippen molar-refractivity contribution in [2.45, 2.75) is 71.6 Å². The number of rotatable bonds is 5. The van der Waals surface area contributed by atoms with E-state index in [0.29, 0.717) is 4.90 Å². The van der Waals surface area contributed by atoms with Crippen molar-refractivity contribution in [3.63, 3.8) is 0 Å². The standard InChI is InChI=1S/C15H25NO8/c1-14(2,3)23-12(21)16(13(22)24-15(4,5)6)9(11(19)20)7-8-10(17)18/h9H,7-8H2,1-6H3,(H,17,18)(H,19,20)/t9-/m1/s1. The van der Waals surface area contributed by atoms with Gasteiger partial charge in [-0.25, -0.2) is 14.4 Å². The SMILES string of the molecule is CC(C)(C)OC(=O)N(C(=O)OC(C)(C)C)[C@H](CCC(=O)O)C(=O)O. The lowest BCUT2D eigenvalue weighted by molar-refractivity contribution is -0.144. The summed E-state index contributed by atoms with van der Waals surface area (Å²) in [6, 6.07) is -1.72. The number of carboxylic acid groups (broad SMARTS) is 2. The summed E-state index contributed by atoms with van der Waals surface area (Å²) < 4.78 is 10.1. The number of carbonyl (C=O) groups is 4. The highest BCUT2D eigenvalue weighted by atomic mass is 16.6. The van der Waals surface area contributed by atoms with Gasteiger partial charge in [0.1, 0.15) is 17.2 Å². The zero-order chi connectivity index (χ0) is 19.3. The quantitative estimate of drug-likeness (QED) is 0.775. The third-order valence-electron chi connectivity index (χ3n) is 2.41. The molecule has 0 fully saturated rings. The number of amides is 2. The molecule has 9 heteroatoms. The van der Waals surface area contributed by atoms with E-state index >= 15 is 0 Å². The van der Waals surface area contributed by atoms with Crippen LogP contribution in [-0.2, 0) is 19.1 Å². The molecule has 0 aromatic rings. The van der Waals surface area contributed by atoms with Gasteiger partial charge in [0.15, 0.2) is 0 Å². The predicted molar refractivity (Wildman–Crippen MR) is 82.6 cm³/mol. The molecule has 0 saturated carbocycles. The number of ether oxygens (including phenoxy) is 2. The molecule has 0 aliphatic carbocycles. The smallest absolute Gasteiger partial charge is 0.420 e. The summed E-state index contributed by atoms with van der Waals surface area (Å²) in [5, 5.41) is 18.0. The molecule has 138 valence electrons. The van der Waals surface area contributed by atoms with Crippen LogP contribution in [0.2, 0.25) is 0 Å². The third kappa shape index (κ3) is 8.35. The van der Waals surface area contributed by atoms with Gasteiger partial charge in [0.25, 0.3) is 0 Å². The Morgan fingerprint density at radius 2 is 1.25 bits per heavy atom. The minimum absolute atomic E-state index is 0.307. The first kappa shape index (κ1) is 21.7. The molecule has 2 amide bonds. The molecule has 0 aliphatic rings. The molecular formula is C15H25NO8. The van der Waals surface area contributed by atoms with Gasteiger partial charge < -0.3 is 19.7 Å². The van der Waals surface area contributed by atoms with Crippen molar-refractivity contribution < 1.29 is 38.9 Å². The lowest BCUT2D eigenvalue weighted by Gasteiger charge is -2.31. The van der Waals surface area contributed by atoms with Crippen molar-refractivity contribution in [2.75, 3.05) is 0 Å². The first-order valence-corrected chi connectivity index (χ1v) is 7.34. The number of hydrogen-bond acceptors (Lipinski definition) is 6. The second kappa shape index (κ2) is 7.98. The molecule has 0 aromatic heterocycles. The Morgan fingerprint density at radius 1 is 0.875 bits per heavy atom. The molecule has 0 rings (SSSR count). The molecule has 24 heavy (non-hydrogen) atoms. The summed E-state index contributed by atoms with van der Waals surface area (Å²) in [4.78, 5) is 47.0. The van der Waals surface area contributed by atoms with Crippen LogP contribution in [0.5, 0.6) is 0 Å². The lowest BCUT2D eigenvalue weighted by atomic mass is 10.1. The molecule has 2 N–H and O–H groups in total. The van der Waals surface area contributed by atoms with Gasteiger partial charge in [-0.2, -0.15) is 4.90 Å². The Kier molecular flexibility index (Phi) is 7.21. The molecule has 0 saturated heterocycles. The predicted octanol–water partition coefficient (Wildman–Crippen LogP) is 2.48. The minimum atomic E-state index is -1.72. The number of carboxylic acids is 2. The Balaban J connectivity index is 5.62. The normalized spacial score (nSPS) is 12.9. The van der Waals surface area contributed by atoms with E-state index in [-0.39, 0.29) is 0 Å². The number of nitrogens with zero attached hydrogens (tertiary/aromatic N) is 1. The van der Waals surface area contributed by atoms with Crippen molar-refractivity contribution in [2.24, 2.45) is 0 Å². The second-order valence-corrected chi connectivity index (χ2v) is 7.12. The topological polar surface area (TPSA) is 130 Å². The van der Waals surface area contributed by atoms with Gasteiger partial charge in [0.2, 0.25) is 0 Å². The Hall–Kier alpha value is -2.32. The summed E-state index contributed by atoms with van der Waals surface area (Å²) >= 11 is 0. The van der Waals surface area contributed by atoms with Crippen LogP contribution in [0, 0.1) is 0 Å². The number of imide groups is 1. The van der Waals surface area contributed by atoms with Crippen molar-refractivity contribution in [3.8, 4) is 0 Å². The van der Waals surface area contributed by atoms with E-state index in [2.05, 4.69) is 0 Å². The van der Waals surface area contributed by atoms with Crippen molar-refractivity contribution in [3.05, 3.63) is 0 Å². The fourth-order valence-corrected chi connectivity index (χ4v) is 1.57. The Bertz CT molecular complexity index is 473. The van der Waals surface area contributed by atoms with Crippen molar-refractivity contribution in [1.82, 2.24) is 4.90 Å². The van der Waals surface area contributed by atoms with E-state index < -0.39 is 54.2 Å². The number of aliphatic carboxylic acids is 2. The Labute approximate surface area is 140 Å². The molecule has 0 bridgehead atoms. The van der Waals surface area contributed by atoms with Gasteiger partial charge in [0, 0.05) is 6.42 Å². The second-order valence-electron chi connectivity index (χ2n) is 7.12. The van der Waals surface area contributed by atoms with Crippen LogP contribution >= 0.6 is 0 Å². The Morgan fingerprint density at radius 3 is 1.50 bits per heavy atom. The van der Waals surface area contributed by atoms with Gasteiger partial charge in [0.05, 0.1) is 0 Å². The van der Waals surface area contributed by atoms with Gasteiger partial charge >= 0.3 is 24.1 Å². The zero-order valence-electron chi connectivity index (χ0n) is 14.8. The highest BCUT2D eigenvalue weighted by molar-refractivity contribution is 5.93. The van der Waals surface area contributed by atoms with E-state index in [1.807, 2.05) is 0 Å². The van der Waals surface area contributed by atoms with Crippen LogP contribution in [0.4, 0.5) is 9.59 Å². The number of carbonyl (C=O) groups excluding carboxylic acids is 2. The summed E-state index contributed by atoms with van der Waals surface area (Å²) in [6.45, 7) is 9.28. The monoisotopic (exact) mass is 347 g/mol. The maximum Gasteiger partial charge on any atom is 0.420 e. The summed E-state index contributed by atoms with van der Waals surface area (Å²) in [5.41, 5.74) is -1.96. The highest BCUT2D eigenvalue weighted by Gasteiger charge is 2.40. The minimum Gasteiger partial charge on any atom is -0.481 e. The number of hydrogen-bond donors (Lipinski definition) is 2. The van der Waals surface area contributed by atoms with E-state index in [9.17, 15) is 24.3 Å². The first-order chi connectivity index (χ1) is 10.6. The lowest BCUT2D eigenvalue weighted by Crippen LogP contribution is -2.52. The molecule has 1 atom stereocenters. The van der Waals surface area contributed by atoms with Crippen LogP contribution in [-0.4, -0.2) is 56.5 Å². The van der Waals surface area contributed by atoms with E-state index in [1.54, 1.807) is 41.5 Å². The van der Waals surface area contributed by atoms with Crippen LogP contribution in [0.15, 0.2) is 0 Å². The van der Waals surface area contributed by atoms with E-state index in [0.717, 1.165) is 0 Å². The summed E-state index contributed by atoms with van der Waals surface area (Å²) in [7, 11) is 0. The fourth-order valence-electron chi connectivity index (χ4n) is 1.57. The van der Waals surface area contributed by atoms with Crippen LogP contribution in [0.3, 0.4) is 0 Å². The van der Waals surface area contributed by atoms with E-state index in [1.165, 1.54) is 0 Å². The summed E-state index contributed by atoms with van der Waals surface area (Å²) in [5.74, 6) is -2.79. The van der Waals surface area contributed by atoms with Crippen LogP contribution < -0.4 is 0 Å². The molecule has 0 aliphatic heterocycles. The fraction of sp³-hybridized carbons (Fsp3) is 0.733. The third-order valence-corrected chi connectivity index (χ3v) is 2.41. The van der Waals surface area contributed by atoms with Crippen molar-refractivity contribution in [1.29, 1.82) is 0 Å². The average molecular weight is 347 g/mol. The summed E-state index contributed by atoms with van der Waals surface area (Å²) in [6.07, 6.45) is -3.44. The van der Waals surface area contributed by atoms with Crippen molar-refractivity contribution >= 4 is 24.1 Å². The first-order valence-electron chi connectivity index (χ1n) is 7.34. The molecule has 9 nitrogen and oxygen atoms in total. The van der Waals surface area contributed by atoms with Gasteiger partial charge in [-0.3, -0.25) is 4.79 Å². The molecule has 0 spiro atoms. The van der Waals surface area contributed by atoms with Crippen LogP contribution in [0.25, 0.3) is 0 Å². The van der Waals surface area contributed by atoms with Gasteiger partial charge in [-0.05, 0) is 48.0 Å². The maximum atomic E-state index is 12.3. The largest absolute Gasteiger partial charge is 0.481 e. The average Bonchev–Trinajstić information content (AvgIpc) is 2.28. The molecule has 0 unspecified atom stereocenters.